The van der Waals surface area contributed by atoms with Gasteiger partial charge in [-0.1, -0.05) is 10.9 Å². The average molecular weight is 455 g/mol. The normalized spacial score (nSPS) is 18.7. The van der Waals surface area contributed by atoms with Crippen molar-refractivity contribution in [1.29, 1.82) is 0 Å². The van der Waals surface area contributed by atoms with Crippen molar-refractivity contribution in [3.63, 3.8) is 0 Å². The molecule has 11 heteroatoms. The first-order chi connectivity index (χ1) is 15.1. The van der Waals surface area contributed by atoms with E-state index >= 15 is 0 Å². The summed E-state index contributed by atoms with van der Waals surface area (Å²) in [7, 11) is 0. The van der Waals surface area contributed by atoms with Crippen LogP contribution < -0.4 is 10.2 Å². The number of nitrogens with zero attached hydrogens (tertiary/aromatic N) is 2. The fourth-order valence-corrected chi connectivity index (χ4v) is 3.70. The fourth-order valence-electron chi connectivity index (χ4n) is 3.70. The van der Waals surface area contributed by atoms with Gasteiger partial charge in [0, 0.05) is 36.6 Å². The molecule has 168 valence electrons. The Morgan fingerprint density at radius 3 is 2.28 bits per heavy atom. The quantitative estimate of drug-likeness (QED) is 0.606. The lowest BCUT2D eigenvalue weighted by molar-refractivity contribution is -0.201. The van der Waals surface area contributed by atoms with Gasteiger partial charge in [-0.15, -0.1) is 5.10 Å². The first-order valence-electron chi connectivity index (χ1n) is 9.44. The summed E-state index contributed by atoms with van der Waals surface area (Å²) in [5.41, 5.74) is 0.656. The number of carbonyl (C=O) groups excluding carboxylic acids is 1. The van der Waals surface area contributed by atoms with Crippen LogP contribution in [0.4, 0.5) is 26.3 Å². The number of carbonyl (C=O) groups is 1. The molecule has 0 aliphatic carbocycles. The molecule has 32 heavy (non-hydrogen) atoms. The van der Waals surface area contributed by atoms with E-state index in [4.69, 9.17) is 0 Å². The predicted molar refractivity (Wildman–Crippen MR) is 100.0 cm³/mol. The summed E-state index contributed by atoms with van der Waals surface area (Å²) in [6.45, 7) is 0.614. The molecular formula is C21H15F6N3O2. The summed E-state index contributed by atoms with van der Waals surface area (Å²) in [4.78, 5) is 16.2. The monoisotopic (exact) mass is 455 g/mol. The average Bonchev–Trinajstić information content (AvgIpc) is 3.35. The topological polar surface area (TPSA) is 56.2 Å². The number of hydrogen-bond donors (Lipinski definition) is 1. The van der Waals surface area contributed by atoms with Gasteiger partial charge in [0.1, 0.15) is 23.1 Å². The van der Waals surface area contributed by atoms with E-state index in [1.807, 2.05) is 0 Å². The third-order valence-electron chi connectivity index (χ3n) is 5.19. The lowest BCUT2D eigenvalue weighted by atomic mass is 9.86. The molecule has 4 rings (SSSR count). The van der Waals surface area contributed by atoms with Gasteiger partial charge >= 0.3 is 12.1 Å². The largest absolute Gasteiger partial charge is 0.493 e. The second kappa shape index (κ2) is 8.30. The van der Waals surface area contributed by atoms with Crippen molar-refractivity contribution in [1.82, 2.24) is 15.3 Å². The first-order valence-corrected chi connectivity index (χ1v) is 9.44. The van der Waals surface area contributed by atoms with Gasteiger partial charge in [-0.3, -0.25) is 0 Å². The fraction of sp³-hybridized carbons (Fsp3) is 0.238. The van der Waals surface area contributed by atoms with Gasteiger partial charge in [-0.25, -0.2) is 18.0 Å². The highest BCUT2D eigenvalue weighted by Gasteiger charge is 2.43. The van der Waals surface area contributed by atoms with Crippen LogP contribution in [-0.4, -0.2) is 35.2 Å². The van der Waals surface area contributed by atoms with Gasteiger partial charge in [0.15, 0.2) is 0 Å². The van der Waals surface area contributed by atoms with Crippen LogP contribution in [-0.2, 0) is 4.79 Å². The van der Waals surface area contributed by atoms with Crippen LogP contribution in [0, 0.1) is 17.5 Å². The molecular weight excluding hydrogens is 440 g/mol. The van der Waals surface area contributed by atoms with Gasteiger partial charge < -0.3 is 10.2 Å². The van der Waals surface area contributed by atoms with Crippen molar-refractivity contribution in [3.05, 3.63) is 77.2 Å². The Bertz CT molecular complexity index is 1140. The van der Waals surface area contributed by atoms with Crippen molar-refractivity contribution in [2.24, 2.45) is 0 Å². The van der Waals surface area contributed by atoms with E-state index in [1.54, 1.807) is 0 Å². The van der Waals surface area contributed by atoms with E-state index in [2.05, 4.69) is 15.3 Å². The van der Waals surface area contributed by atoms with Gasteiger partial charge in [0.2, 0.25) is 0 Å². The Kier molecular flexibility index (Phi) is 5.68. The van der Waals surface area contributed by atoms with Crippen molar-refractivity contribution < 1.29 is 36.0 Å². The Hall–Kier alpha value is -3.34. The van der Waals surface area contributed by atoms with E-state index in [-0.39, 0.29) is 22.5 Å². The molecule has 1 N–H and O–H groups in total. The van der Waals surface area contributed by atoms with E-state index in [0.29, 0.717) is 17.9 Å². The molecule has 1 aliphatic rings. The second-order valence-corrected chi connectivity index (χ2v) is 7.25. The van der Waals surface area contributed by atoms with E-state index in [1.165, 1.54) is 24.3 Å². The molecule has 1 fully saturated rings. The van der Waals surface area contributed by atoms with E-state index < -0.39 is 41.4 Å². The smallest absolute Gasteiger partial charge is 0.315 e. The Morgan fingerprint density at radius 2 is 1.62 bits per heavy atom. The minimum atomic E-state index is -5.26. The number of rotatable bonds is 4. The molecule has 1 saturated heterocycles. The highest BCUT2D eigenvalue weighted by molar-refractivity contribution is 5.76. The Morgan fingerprint density at radius 1 is 0.969 bits per heavy atom. The number of nitrogens with one attached hydrogen (secondary N) is 1. The Balaban J connectivity index is 1.74. The van der Waals surface area contributed by atoms with Crippen molar-refractivity contribution in [3.8, 4) is 11.3 Å². The number of alkyl halides is 3. The molecule has 2 atom stereocenters. The van der Waals surface area contributed by atoms with Gasteiger partial charge in [0.05, 0.1) is 5.69 Å². The number of benzene rings is 2. The first kappa shape index (κ1) is 21.9. The molecule has 0 spiro atoms. The predicted octanol–water partition coefficient (Wildman–Crippen LogP) is 3.96. The summed E-state index contributed by atoms with van der Waals surface area (Å²) in [5.74, 6) is -5.57. The molecule has 3 aromatic rings. The lowest BCUT2D eigenvalue weighted by Gasteiger charge is -2.17. The summed E-state index contributed by atoms with van der Waals surface area (Å²) in [5, 5.41) is 7.07. The van der Waals surface area contributed by atoms with E-state index in [0.717, 1.165) is 24.3 Å². The van der Waals surface area contributed by atoms with Crippen LogP contribution >= 0.6 is 0 Å². The minimum Gasteiger partial charge on any atom is -0.315 e. The third kappa shape index (κ3) is 4.33. The van der Waals surface area contributed by atoms with Crippen LogP contribution in [0.15, 0.2) is 48.5 Å². The molecule has 0 unspecified atom stereocenters. The summed E-state index contributed by atoms with van der Waals surface area (Å²) in [6, 6.07) is 9.31. The van der Waals surface area contributed by atoms with Gasteiger partial charge in [-0.05, 0) is 42.0 Å². The van der Waals surface area contributed by atoms with Crippen LogP contribution in [0.3, 0.4) is 0 Å². The molecule has 1 aromatic heterocycles. The maximum Gasteiger partial charge on any atom is 0.493 e. The molecule has 0 radical (unpaired) electrons. The van der Waals surface area contributed by atoms with Crippen LogP contribution in [0.1, 0.15) is 23.1 Å². The maximum atomic E-state index is 14.4. The zero-order chi connectivity index (χ0) is 23.0. The highest BCUT2D eigenvalue weighted by atomic mass is 19.4. The van der Waals surface area contributed by atoms with Crippen molar-refractivity contribution in [2.75, 3.05) is 13.1 Å². The maximum absolute atomic E-state index is 14.4. The molecule has 2 heterocycles. The zero-order valence-corrected chi connectivity index (χ0v) is 16.2. The second-order valence-electron chi connectivity index (χ2n) is 7.25. The lowest BCUT2D eigenvalue weighted by Crippen LogP contribution is -2.34. The summed E-state index contributed by atoms with van der Waals surface area (Å²) >= 11 is 0. The van der Waals surface area contributed by atoms with E-state index in [9.17, 15) is 31.1 Å². The summed E-state index contributed by atoms with van der Waals surface area (Å²) in [6.07, 6.45) is -5.26. The van der Waals surface area contributed by atoms with Crippen LogP contribution in [0.2, 0.25) is 0 Å². The molecule has 5 nitrogen and oxygen atoms in total. The van der Waals surface area contributed by atoms with Crippen LogP contribution in [0.5, 0.6) is 0 Å². The SMILES string of the molecule is O=C(On1nc([C@@H]2CNC[C@H]2c2ccc(F)cc2F)cc1-c1ccc(F)cc1)C(F)(F)F. The van der Waals surface area contributed by atoms with Gasteiger partial charge in [-0.2, -0.15) is 13.2 Å². The van der Waals surface area contributed by atoms with Crippen LogP contribution in [0.25, 0.3) is 11.3 Å². The third-order valence-corrected chi connectivity index (χ3v) is 5.19. The number of halogens is 6. The molecule has 1 aliphatic heterocycles. The highest BCUT2D eigenvalue weighted by Crippen LogP contribution is 2.38. The van der Waals surface area contributed by atoms with Crippen molar-refractivity contribution >= 4 is 5.97 Å². The minimum absolute atomic E-state index is 0.0252. The molecule has 0 amide bonds. The standard InChI is InChI=1S/C21H15F6N3O2/c22-12-3-1-11(2-4-12)19-8-18(29-30(19)32-20(31)21(25,26)27)16-10-28-9-15(16)14-6-5-13(23)7-17(14)24/h1-8,15-16,28H,9-10H2/t15-,16+/m0/s1. The number of aromatic nitrogens is 2. The van der Waals surface area contributed by atoms with Gasteiger partial charge in [0.25, 0.3) is 0 Å². The molecule has 2 aromatic carbocycles. The summed E-state index contributed by atoms with van der Waals surface area (Å²) < 4.78 is 79.2. The van der Waals surface area contributed by atoms with Crippen molar-refractivity contribution in [2.45, 2.75) is 18.0 Å². The Labute approximate surface area is 177 Å². The molecule has 0 bridgehead atoms. The number of hydrogen-bond acceptors (Lipinski definition) is 4. The zero-order valence-electron chi connectivity index (χ0n) is 16.2. The molecule has 0 saturated carbocycles.